The minimum absolute atomic E-state index is 0.603. The van der Waals surface area contributed by atoms with Crippen LogP contribution in [-0.4, -0.2) is 6.54 Å². The van der Waals surface area contributed by atoms with E-state index in [1.165, 1.54) is 35.0 Å². The summed E-state index contributed by atoms with van der Waals surface area (Å²) in [5.74, 6) is 0. The van der Waals surface area contributed by atoms with E-state index in [1.54, 1.807) is 0 Å². The van der Waals surface area contributed by atoms with Crippen molar-refractivity contribution in [2.75, 3.05) is 6.54 Å². The molecular formula is C12H13NS. The lowest BCUT2D eigenvalue weighted by atomic mass is 10.0. The largest absolute Gasteiger partial charge is 0.310 e. The molecule has 0 radical (unpaired) electrons. The molecule has 1 saturated heterocycles. The minimum atomic E-state index is 0.603. The molecule has 14 heavy (non-hydrogen) atoms. The first-order valence-electron chi connectivity index (χ1n) is 5.15. The smallest absolute Gasteiger partial charge is 0.0346 e. The van der Waals surface area contributed by atoms with Gasteiger partial charge < -0.3 is 5.32 Å². The molecule has 1 aromatic carbocycles. The predicted octanol–water partition coefficient (Wildman–Crippen LogP) is 3.33. The maximum absolute atomic E-state index is 3.56. The standard InChI is InChI=1S/C12H13NS/c1-2-6-12-9(4-1)10(8-14-12)11-5-3-7-13-11/h1-2,4,6,8,11,13H,3,5,7H2/t11-/m1/s1. The number of nitrogens with one attached hydrogen (secondary N) is 1. The fourth-order valence-corrected chi connectivity index (χ4v) is 3.23. The van der Waals surface area contributed by atoms with Crippen LogP contribution >= 0.6 is 11.3 Å². The molecule has 0 unspecified atom stereocenters. The third-order valence-electron chi connectivity index (χ3n) is 2.95. The van der Waals surface area contributed by atoms with E-state index in [0.29, 0.717) is 6.04 Å². The van der Waals surface area contributed by atoms with E-state index in [1.807, 2.05) is 11.3 Å². The molecule has 72 valence electrons. The Bertz CT molecular complexity index is 440. The van der Waals surface area contributed by atoms with Crippen molar-refractivity contribution in [2.45, 2.75) is 18.9 Å². The highest BCUT2D eigenvalue weighted by Gasteiger charge is 2.18. The maximum atomic E-state index is 3.56. The molecule has 1 fully saturated rings. The first-order chi connectivity index (χ1) is 6.95. The minimum Gasteiger partial charge on any atom is -0.310 e. The molecule has 0 aliphatic carbocycles. The van der Waals surface area contributed by atoms with E-state index in [9.17, 15) is 0 Å². The Morgan fingerprint density at radius 2 is 2.21 bits per heavy atom. The summed E-state index contributed by atoms with van der Waals surface area (Å²) in [6.07, 6.45) is 2.61. The Morgan fingerprint density at radius 3 is 3.07 bits per heavy atom. The number of benzene rings is 1. The van der Waals surface area contributed by atoms with Crippen LogP contribution in [0.2, 0.25) is 0 Å². The Balaban J connectivity index is 2.11. The average molecular weight is 203 g/mol. The molecule has 2 heteroatoms. The summed E-state index contributed by atoms with van der Waals surface area (Å²) in [6.45, 7) is 1.18. The van der Waals surface area contributed by atoms with Gasteiger partial charge in [-0.3, -0.25) is 0 Å². The number of rotatable bonds is 1. The fourth-order valence-electron chi connectivity index (χ4n) is 2.22. The molecule has 1 aliphatic heterocycles. The summed E-state index contributed by atoms with van der Waals surface area (Å²) >= 11 is 1.86. The topological polar surface area (TPSA) is 12.0 Å². The molecule has 0 bridgehead atoms. The molecular weight excluding hydrogens is 190 g/mol. The second-order valence-corrected chi connectivity index (χ2v) is 4.75. The van der Waals surface area contributed by atoms with Crippen molar-refractivity contribution < 1.29 is 0 Å². The first kappa shape index (κ1) is 8.45. The van der Waals surface area contributed by atoms with Gasteiger partial charge >= 0.3 is 0 Å². The molecule has 1 aliphatic rings. The van der Waals surface area contributed by atoms with Crippen molar-refractivity contribution in [1.29, 1.82) is 0 Å². The molecule has 0 amide bonds. The average Bonchev–Trinajstić information content (AvgIpc) is 2.85. The highest BCUT2D eigenvalue weighted by molar-refractivity contribution is 7.17. The lowest BCUT2D eigenvalue weighted by Crippen LogP contribution is -2.12. The Kier molecular flexibility index (Phi) is 2.03. The molecule has 1 atom stereocenters. The first-order valence-corrected chi connectivity index (χ1v) is 6.02. The quantitative estimate of drug-likeness (QED) is 0.749. The molecule has 2 aromatic rings. The van der Waals surface area contributed by atoms with Gasteiger partial charge in [0.15, 0.2) is 0 Å². The van der Waals surface area contributed by atoms with Crippen molar-refractivity contribution in [3.05, 3.63) is 35.2 Å². The third-order valence-corrected chi connectivity index (χ3v) is 3.93. The zero-order chi connectivity index (χ0) is 9.38. The van der Waals surface area contributed by atoms with Crippen LogP contribution in [0.4, 0.5) is 0 Å². The van der Waals surface area contributed by atoms with E-state index >= 15 is 0 Å². The van der Waals surface area contributed by atoms with Crippen molar-refractivity contribution in [1.82, 2.24) is 5.32 Å². The molecule has 2 heterocycles. The number of thiophene rings is 1. The van der Waals surface area contributed by atoms with Crippen molar-refractivity contribution in [3.8, 4) is 0 Å². The van der Waals surface area contributed by atoms with Crippen LogP contribution in [0.15, 0.2) is 29.6 Å². The van der Waals surface area contributed by atoms with Gasteiger partial charge in [-0.1, -0.05) is 18.2 Å². The van der Waals surface area contributed by atoms with Crippen LogP contribution in [0.3, 0.4) is 0 Å². The van der Waals surface area contributed by atoms with Crippen LogP contribution in [0.1, 0.15) is 24.4 Å². The van der Waals surface area contributed by atoms with Crippen LogP contribution in [0.25, 0.3) is 10.1 Å². The van der Waals surface area contributed by atoms with E-state index < -0.39 is 0 Å². The normalized spacial score (nSPS) is 21.9. The lowest BCUT2D eigenvalue weighted by Gasteiger charge is -2.08. The predicted molar refractivity (Wildman–Crippen MR) is 61.8 cm³/mol. The summed E-state index contributed by atoms with van der Waals surface area (Å²) in [5, 5.41) is 7.31. The monoisotopic (exact) mass is 203 g/mol. The number of hydrogen-bond acceptors (Lipinski definition) is 2. The molecule has 0 saturated carbocycles. The second-order valence-electron chi connectivity index (χ2n) is 3.84. The number of hydrogen-bond donors (Lipinski definition) is 1. The van der Waals surface area contributed by atoms with Gasteiger partial charge in [-0.25, -0.2) is 0 Å². The highest BCUT2D eigenvalue weighted by atomic mass is 32.1. The van der Waals surface area contributed by atoms with Crippen molar-refractivity contribution in [2.24, 2.45) is 0 Å². The summed E-state index contributed by atoms with van der Waals surface area (Å²) < 4.78 is 1.41. The molecule has 1 N–H and O–H groups in total. The Hall–Kier alpha value is -0.860. The van der Waals surface area contributed by atoms with E-state index in [-0.39, 0.29) is 0 Å². The summed E-state index contributed by atoms with van der Waals surface area (Å²) in [6, 6.07) is 9.30. The van der Waals surface area contributed by atoms with Gasteiger partial charge in [0.25, 0.3) is 0 Å². The molecule has 3 rings (SSSR count). The van der Waals surface area contributed by atoms with Gasteiger partial charge in [0.05, 0.1) is 0 Å². The zero-order valence-corrected chi connectivity index (χ0v) is 8.81. The van der Waals surface area contributed by atoms with Gasteiger partial charge in [-0.05, 0) is 41.8 Å². The zero-order valence-electron chi connectivity index (χ0n) is 7.99. The molecule has 1 aromatic heterocycles. The highest BCUT2D eigenvalue weighted by Crippen LogP contribution is 2.33. The van der Waals surface area contributed by atoms with Crippen LogP contribution in [0.5, 0.6) is 0 Å². The van der Waals surface area contributed by atoms with E-state index in [4.69, 9.17) is 0 Å². The summed E-state index contributed by atoms with van der Waals surface area (Å²) in [4.78, 5) is 0. The summed E-state index contributed by atoms with van der Waals surface area (Å²) in [5.41, 5.74) is 1.50. The van der Waals surface area contributed by atoms with Crippen molar-refractivity contribution in [3.63, 3.8) is 0 Å². The molecule has 1 nitrogen and oxygen atoms in total. The number of fused-ring (bicyclic) bond motifs is 1. The third kappa shape index (κ3) is 1.26. The maximum Gasteiger partial charge on any atom is 0.0346 e. The van der Waals surface area contributed by atoms with Crippen LogP contribution < -0.4 is 5.32 Å². The lowest BCUT2D eigenvalue weighted by molar-refractivity contribution is 0.654. The van der Waals surface area contributed by atoms with E-state index in [0.717, 1.165) is 0 Å². The van der Waals surface area contributed by atoms with Gasteiger partial charge in [-0.2, -0.15) is 0 Å². The Labute approximate surface area is 87.8 Å². The summed E-state index contributed by atoms with van der Waals surface area (Å²) in [7, 11) is 0. The van der Waals surface area contributed by atoms with Gasteiger partial charge in [-0.15, -0.1) is 11.3 Å². The van der Waals surface area contributed by atoms with Gasteiger partial charge in [0, 0.05) is 10.7 Å². The molecule has 0 spiro atoms. The fraction of sp³-hybridized carbons (Fsp3) is 0.333. The van der Waals surface area contributed by atoms with Crippen molar-refractivity contribution >= 4 is 21.4 Å². The van der Waals surface area contributed by atoms with Crippen LogP contribution in [-0.2, 0) is 0 Å². The van der Waals surface area contributed by atoms with E-state index in [2.05, 4.69) is 35.0 Å². The van der Waals surface area contributed by atoms with Gasteiger partial charge in [0.1, 0.15) is 0 Å². The van der Waals surface area contributed by atoms with Gasteiger partial charge in [0.2, 0.25) is 0 Å². The Morgan fingerprint density at radius 1 is 1.29 bits per heavy atom. The van der Waals surface area contributed by atoms with Crippen LogP contribution in [0, 0.1) is 0 Å². The second kappa shape index (κ2) is 3.37. The SMILES string of the molecule is c1ccc2c([C@H]3CCCN3)csc2c1.